The molecule has 0 amide bonds. The van der Waals surface area contributed by atoms with Crippen LogP contribution >= 0.6 is 0 Å². The van der Waals surface area contributed by atoms with E-state index in [1.807, 2.05) is 0 Å². The Labute approximate surface area is 113 Å². The molecule has 0 N–H and O–H groups in total. The predicted molar refractivity (Wildman–Crippen MR) is 83.4 cm³/mol. The van der Waals surface area contributed by atoms with Crippen LogP contribution in [-0.4, -0.2) is 21.1 Å². The maximum atomic E-state index is 2.37. The van der Waals surface area contributed by atoms with Gasteiger partial charge in [0.25, 0.3) is 0 Å². The Hall–Kier alpha value is -0.820. The van der Waals surface area contributed by atoms with E-state index in [-0.39, 0.29) is 10.8 Å². The molecule has 0 atom stereocenters. The van der Waals surface area contributed by atoms with Gasteiger partial charge >= 0.3 is 0 Å². The molecule has 0 spiro atoms. The average Bonchev–Trinajstić information content (AvgIpc) is 2.13. The van der Waals surface area contributed by atoms with Crippen LogP contribution in [0.15, 0.2) is 18.2 Å². The summed E-state index contributed by atoms with van der Waals surface area (Å²) in [7, 11) is 6.69. The van der Waals surface area contributed by atoms with E-state index in [4.69, 9.17) is 0 Å². The lowest BCUT2D eigenvalue weighted by molar-refractivity contribution is 0.480. The van der Waals surface area contributed by atoms with Gasteiger partial charge in [0.15, 0.2) is 0 Å². The topological polar surface area (TPSA) is 0 Å². The highest BCUT2D eigenvalue weighted by Gasteiger charge is 2.24. The highest BCUT2D eigenvalue weighted by atomic mass is 15.3. The molecule has 0 saturated heterocycles. The van der Waals surface area contributed by atoms with Crippen molar-refractivity contribution in [2.24, 2.45) is 0 Å². The molecule has 102 valence electrons. The number of benzene rings is 1. The van der Waals surface area contributed by atoms with Crippen LogP contribution in [0.4, 0.5) is 5.69 Å². The van der Waals surface area contributed by atoms with Crippen molar-refractivity contribution >= 4 is 5.69 Å². The lowest BCUT2D eigenvalue weighted by atomic mass is 9.80. The van der Waals surface area contributed by atoms with Gasteiger partial charge in [-0.1, -0.05) is 47.6 Å². The normalized spacial score (nSPS) is 13.8. The number of rotatable bonds is 1. The van der Waals surface area contributed by atoms with E-state index in [2.05, 4.69) is 80.9 Å². The first-order valence-corrected chi connectivity index (χ1v) is 6.80. The van der Waals surface area contributed by atoms with Crippen LogP contribution in [-0.2, 0) is 10.8 Å². The van der Waals surface area contributed by atoms with Crippen molar-refractivity contribution in [3.05, 3.63) is 29.3 Å². The molecule has 0 bridgehead atoms. The molecular weight excluding hydrogens is 218 g/mol. The van der Waals surface area contributed by atoms with Gasteiger partial charge in [0.1, 0.15) is 5.69 Å². The van der Waals surface area contributed by atoms with Crippen LogP contribution in [0.25, 0.3) is 0 Å². The minimum atomic E-state index is 0.200. The lowest BCUT2D eigenvalue weighted by Gasteiger charge is -2.30. The van der Waals surface area contributed by atoms with Gasteiger partial charge in [0.2, 0.25) is 0 Å². The first kappa shape index (κ1) is 15.2. The van der Waals surface area contributed by atoms with E-state index >= 15 is 0 Å². The Bertz CT molecular complexity index is 343. The van der Waals surface area contributed by atoms with E-state index in [0.29, 0.717) is 0 Å². The van der Waals surface area contributed by atoms with Gasteiger partial charge in [-0.15, -0.1) is 0 Å². The molecule has 0 aliphatic carbocycles. The zero-order chi connectivity index (χ0) is 14.4. The van der Waals surface area contributed by atoms with Crippen molar-refractivity contribution in [2.45, 2.75) is 52.4 Å². The van der Waals surface area contributed by atoms with Crippen molar-refractivity contribution in [3.63, 3.8) is 0 Å². The molecule has 0 heterocycles. The maximum absolute atomic E-state index is 2.37. The fourth-order valence-electron chi connectivity index (χ4n) is 1.86. The lowest BCUT2D eigenvalue weighted by Crippen LogP contribution is -2.35. The number of nitrogens with zero attached hydrogens (tertiary/aromatic N) is 1. The molecule has 0 radical (unpaired) electrons. The van der Waals surface area contributed by atoms with E-state index in [0.717, 1.165) is 4.48 Å². The van der Waals surface area contributed by atoms with Gasteiger partial charge < -0.3 is 0 Å². The summed E-state index contributed by atoms with van der Waals surface area (Å²) in [6.07, 6.45) is 0. The second-order valence-corrected chi connectivity index (χ2v) is 8.28. The zero-order valence-electron chi connectivity index (χ0n) is 13.7. The van der Waals surface area contributed by atoms with Crippen molar-refractivity contribution in [1.29, 1.82) is 0 Å². The summed E-state index contributed by atoms with van der Waals surface area (Å²) in [5, 5.41) is 0. The van der Waals surface area contributed by atoms with E-state index in [1.165, 1.54) is 16.8 Å². The molecule has 1 aromatic rings. The van der Waals surface area contributed by atoms with Crippen LogP contribution in [0.2, 0.25) is 0 Å². The second-order valence-electron chi connectivity index (χ2n) is 8.28. The molecule has 0 aliphatic rings. The molecular formula is C17H30N+. The largest absolute Gasteiger partial charge is 0.298 e. The Balaban J connectivity index is 3.49. The van der Waals surface area contributed by atoms with Crippen molar-refractivity contribution < 1.29 is 0 Å². The molecule has 0 unspecified atom stereocenters. The summed E-state index contributed by atoms with van der Waals surface area (Å²) >= 11 is 0. The van der Waals surface area contributed by atoms with Crippen LogP contribution in [0.1, 0.15) is 52.7 Å². The molecule has 1 nitrogen and oxygen atoms in total. The summed E-state index contributed by atoms with van der Waals surface area (Å²) in [6.45, 7) is 13.7. The minimum Gasteiger partial charge on any atom is -0.298 e. The number of hydrogen-bond acceptors (Lipinski definition) is 0. The first-order valence-electron chi connectivity index (χ1n) is 6.80. The standard InChI is InChI=1S/C17H30N/c1-16(2,3)13-10-14(17(4,5)6)12-15(11-13)18(7,8)9/h10-12H,1-9H3/q+1. The smallest absolute Gasteiger partial charge is 0.132 e. The Morgan fingerprint density at radius 2 is 1.00 bits per heavy atom. The van der Waals surface area contributed by atoms with Gasteiger partial charge in [0, 0.05) is 12.1 Å². The number of hydrogen-bond donors (Lipinski definition) is 0. The molecule has 1 rings (SSSR count). The van der Waals surface area contributed by atoms with Crippen LogP contribution in [0.5, 0.6) is 0 Å². The van der Waals surface area contributed by atoms with Crippen molar-refractivity contribution in [1.82, 2.24) is 4.48 Å². The van der Waals surface area contributed by atoms with Gasteiger partial charge in [-0.2, -0.15) is 0 Å². The molecule has 0 aliphatic heterocycles. The Morgan fingerprint density at radius 3 is 1.22 bits per heavy atom. The van der Waals surface area contributed by atoms with Crippen LogP contribution in [0.3, 0.4) is 0 Å². The van der Waals surface area contributed by atoms with Gasteiger partial charge in [-0.05, 0) is 22.0 Å². The molecule has 0 saturated carbocycles. The quantitative estimate of drug-likeness (QED) is 0.643. The third-order valence-corrected chi connectivity index (χ3v) is 3.42. The summed E-state index contributed by atoms with van der Waals surface area (Å²) in [6, 6.07) is 7.09. The number of quaternary nitrogens is 1. The maximum Gasteiger partial charge on any atom is 0.132 e. The van der Waals surface area contributed by atoms with E-state index in [1.54, 1.807) is 0 Å². The SMILES string of the molecule is CC(C)(C)c1cc(C(C)(C)C)cc([N+](C)(C)C)c1. The Morgan fingerprint density at radius 1 is 0.667 bits per heavy atom. The monoisotopic (exact) mass is 248 g/mol. The summed E-state index contributed by atoms with van der Waals surface area (Å²) < 4.78 is 0.868. The Kier molecular flexibility index (Phi) is 3.71. The highest BCUT2D eigenvalue weighted by molar-refractivity contribution is 5.50. The van der Waals surface area contributed by atoms with Crippen LogP contribution in [0, 0.1) is 0 Å². The third kappa shape index (κ3) is 3.58. The summed E-state index contributed by atoms with van der Waals surface area (Å²) in [5.74, 6) is 0. The van der Waals surface area contributed by atoms with Crippen molar-refractivity contribution in [3.8, 4) is 0 Å². The molecule has 1 heteroatoms. The summed E-state index contributed by atoms with van der Waals surface area (Å²) in [5.41, 5.74) is 4.64. The van der Waals surface area contributed by atoms with Gasteiger partial charge in [-0.25, -0.2) is 0 Å². The molecule has 0 aromatic heterocycles. The zero-order valence-corrected chi connectivity index (χ0v) is 13.7. The average molecular weight is 248 g/mol. The summed E-state index contributed by atoms with van der Waals surface area (Å²) in [4.78, 5) is 0. The van der Waals surface area contributed by atoms with Gasteiger partial charge in [0.05, 0.1) is 21.1 Å². The molecule has 1 aromatic carbocycles. The van der Waals surface area contributed by atoms with E-state index < -0.39 is 0 Å². The predicted octanol–water partition coefficient (Wildman–Crippen LogP) is 4.48. The highest BCUT2D eigenvalue weighted by Crippen LogP contribution is 2.33. The first-order chi connectivity index (χ1) is 7.82. The fourth-order valence-corrected chi connectivity index (χ4v) is 1.86. The minimum absolute atomic E-state index is 0.200. The van der Waals surface area contributed by atoms with E-state index in [9.17, 15) is 0 Å². The third-order valence-electron chi connectivity index (χ3n) is 3.42. The second kappa shape index (κ2) is 4.38. The molecule has 0 fully saturated rings. The van der Waals surface area contributed by atoms with Crippen molar-refractivity contribution in [2.75, 3.05) is 21.1 Å². The van der Waals surface area contributed by atoms with Gasteiger partial charge in [-0.3, -0.25) is 4.48 Å². The fraction of sp³-hybridized carbons (Fsp3) is 0.647. The molecule has 18 heavy (non-hydrogen) atoms. The van der Waals surface area contributed by atoms with Crippen LogP contribution < -0.4 is 4.48 Å².